The van der Waals surface area contributed by atoms with Crippen LogP contribution in [0.2, 0.25) is 0 Å². The number of halogens is 1. The number of sulfonamides is 2. The molecular weight excluding hydrogens is 474 g/mol. The number of ether oxygens (including phenoxy) is 1. The smallest absolute Gasteiger partial charge is 0.255 e. The molecule has 12 heteroatoms. The summed E-state index contributed by atoms with van der Waals surface area (Å²) in [4.78, 5) is 14.4. The summed E-state index contributed by atoms with van der Waals surface area (Å²) in [6, 6.07) is 4.23. The average Bonchev–Trinajstić information content (AvgIpc) is 2.68. The number of carbonyl (C=O) groups excluding carboxylic acids is 1. The second-order valence-corrected chi connectivity index (χ2v) is 11.0. The van der Waals surface area contributed by atoms with Gasteiger partial charge in [-0.3, -0.25) is 4.79 Å². The molecule has 0 radical (unpaired) electrons. The van der Waals surface area contributed by atoms with Crippen molar-refractivity contribution in [1.82, 2.24) is 13.9 Å². The van der Waals surface area contributed by atoms with Gasteiger partial charge in [0.15, 0.2) is 0 Å². The topological polar surface area (TPSA) is 113 Å². The Balaban J connectivity index is 2.16. The van der Waals surface area contributed by atoms with Crippen LogP contribution in [0, 0.1) is 0 Å². The molecule has 1 saturated heterocycles. The molecule has 2 rings (SSSR count). The van der Waals surface area contributed by atoms with Gasteiger partial charge in [0.25, 0.3) is 5.91 Å². The first kappa shape index (κ1) is 23.2. The van der Waals surface area contributed by atoms with Gasteiger partial charge >= 0.3 is 0 Å². The van der Waals surface area contributed by atoms with E-state index in [-0.39, 0.29) is 61.4 Å². The summed E-state index contributed by atoms with van der Waals surface area (Å²) in [5.41, 5.74) is 0.210. The van der Waals surface area contributed by atoms with Gasteiger partial charge in [-0.2, -0.15) is 4.31 Å². The van der Waals surface area contributed by atoms with Crippen LogP contribution in [-0.4, -0.2) is 84.1 Å². The van der Waals surface area contributed by atoms with Gasteiger partial charge in [-0.1, -0.05) is 0 Å². The highest BCUT2D eigenvalue weighted by molar-refractivity contribution is 9.10. The van der Waals surface area contributed by atoms with Crippen LogP contribution in [0.25, 0.3) is 0 Å². The van der Waals surface area contributed by atoms with Crippen molar-refractivity contribution in [3.63, 3.8) is 0 Å². The first-order valence-corrected chi connectivity index (χ1v) is 12.6. The second kappa shape index (κ2) is 9.63. The van der Waals surface area contributed by atoms with Crippen molar-refractivity contribution in [2.45, 2.75) is 11.8 Å². The Labute approximate surface area is 174 Å². The maximum absolute atomic E-state index is 12.9. The first-order chi connectivity index (χ1) is 13.1. The number of benzene rings is 1. The number of piperazine rings is 1. The van der Waals surface area contributed by atoms with Gasteiger partial charge in [0.1, 0.15) is 0 Å². The minimum absolute atomic E-state index is 0.0163. The minimum atomic E-state index is -3.78. The number of hydrogen-bond donors (Lipinski definition) is 1. The SMILES string of the molecule is CCS(=O)(=O)N1CCN(C(=O)c2cc(S(=O)(=O)NCCOC)ccc2Br)CC1. The number of amides is 1. The third kappa shape index (κ3) is 5.51. The fourth-order valence-corrected chi connectivity index (χ4v) is 5.26. The lowest BCUT2D eigenvalue weighted by Gasteiger charge is -2.34. The molecule has 0 aliphatic carbocycles. The van der Waals surface area contributed by atoms with E-state index in [9.17, 15) is 21.6 Å². The number of rotatable bonds is 8. The highest BCUT2D eigenvalue weighted by Gasteiger charge is 2.29. The van der Waals surface area contributed by atoms with Gasteiger partial charge < -0.3 is 9.64 Å². The molecule has 0 spiro atoms. The van der Waals surface area contributed by atoms with Crippen LogP contribution in [0.3, 0.4) is 0 Å². The van der Waals surface area contributed by atoms with Gasteiger partial charge in [0.05, 0.1) is 22.8 Å². The van der Waals surface area contributed by atoms with Gasteiger partial charge in [-0.15, -0.1) is 0 Å². The molecule has 1 heterocycles. The minimum Gasteiger partial charge on any atom is -0.383 e. The zero-order valence-corrected chi connectivity index (χ0v) is 18.9. The molecule has 1 N–H and O–H groups in total. The number of methoxy groups -OCH3 is 1. The Hall–Kier alpha value is -1.05. The van der Waals surface area contributed by atoms with Crippen LogP contribution in [0.4, 0.5) is 0 Å². The number of nitrogens with zero attached hydrogens (tertiary/aromatic N) is 2. The van der Waals surface area contributed by atoms with Crippen LogP contribution in [0.5, 0.6) is 0 Å². The Morgan fingerprint density at radius 3 is 2.39 bits per heavy atom. The lowest BCUT2D eigenvalue weighted by Crippen LogP contribution is -2.50. The molecule has 1 aliphatic heterocycles. The predicted octanol–water partition coefficient (Wildman–Crippen LogP) is 0.481. The summed E-state index contributed by atoms with van der Waals surface area (Å²) in [6.07, 6.45) is 0. The molecule has 0 aromatic heterocycles. The number of hydrogen-bond acceptors (Lipinski definition) is 6. The van der Waals surface area contributed by atoms with Crippen LogP contribution in [0.1, 0.15) is 17.3 Å². The summed E-state index contributed by atoms with van der Waals surface area (Å²) in [7, 11) is -5.60. The molecule has 1 aromatic rings. The van der Waals surface area contributed by atoms with E-state index in [1.165, 1.54) is 34.5 Å². The highest BCUT2D eigenvalue weighted by atomic mass is 79.9. The normalized spacial score (nSPS) is 16.3. The maximum atomic E-state index is 12.9. The van der Waals surface area contributed by atoms with E-state index in [0.29, 0.717) is 4.47 Å². The monoisotopic (exact) mass is 497 g/mol. The zero-order chi connectivity index (χ0) is 20.9. The van der Waals surface area contributed by atoms with Gasteiger partial charge in [-0.25, -0.2) is 21.6 Å². The summed E-state index contributed by atoms with van der Waals surface area (Å²) in [5.74, 6) is -0.336. The molecule has 1 aliphatic rings. The largest absolute Gasteiger partial charge is 0.383 e. The molecule has 1 aromatic carbocycles. The molecule has 1 amide bonds. The van der Waals surface area contributed by atoms with E-state index in [2.05, 4.69) is 20.7 Å². The summed E-state index contributed by atoms with van der Waals surface area (Å²) in [6.45, 7) is 2.85. The van der Waals surface area contributed by atoms with Crippen molar-refractivity contribution in [3.05, 3.63) is 28.2 Å². The third-order valence-corrected chi connectivity index (χ3v) is 8.39. The van der Waals surface area contributed by atoms with Crippen LogP contribution >= 0.6 is 15.9 Å². The lowest BCUT2D eigenvalue weighted by molar-refractivity contribution is 0.0697. The second-order valence-electron chi connectivity index (χ2n) is 6.12. The summed E-state index contributed by atoms with van der Waals surface area (Å²) in [5, 5.41) is 0. The molecular formula is C16H24BrN3O6S2. The Bertz CT molecular complexity index is 912. The molecule has 0 atom stereocenters. The Morgan fingerprint density at radius 1 is 1.18 bits per heavy atom. The van der Waals surface area contributed by atoms with Crippen molar-refractivity contribution in [1.29, 1.82) is 0 Å². The van der Waals surface area contributed by atoms with Crippen LogP contribution < -0.4 is 4.72 Å². The van der Waals surface area contributed by atoms with Crippen molar-refractivity contribution in [2.24, 2.45) is 0 Å². The van der Waals surface area contributed by atoms with Crippen molar-refractivity contribution >= 4 is 41.9 Å². The van der Waals surface area contributed by atoms with E-state index >= 15 is 0 Å². The maximum Gasteiger partial charge on any atom is 0.255 e. The first-order valence-electron chi connectivity index (χ1n) is 8.67. The van der Waals surface area contributed by atoms with Gasteiger partial charge in [-0.05, 0) is 41.1 Å². The zero-order valence-electron chi connectivity index (χ0n) is 15.7. The highest BCUT2D eigenvalue weighted by Crippen LogP contribution is 2.23. The average molecular weight is 498 g/mol. The van der Waals surface area contributed by atoms with Crippen LogP contribution in [0.15, 0.2) is 27.6 Å². The fraction of sp³-hybridized carbons (Fsp3) is 0.562. The third-order valence-electron chi connectivity index (χ3n) is 4.36. The van der Waals surface area contributed by atoms with Gasteiger partial charge in [0.2, 0.25) is 20.0 Å². The fourth-order valence-electron chi connectivity index (χ4n) is 2.72. The van der Waals surface area contributed by atoms with E-state index in [0.717, 1.165) is 0 Å². The van der Waals surface area contributed by atoms with Crippen molar-refractivity contribution in [3.8, 4) is 0 Å². The lowest BCUT2D eigenvalue weighted by atomic mass is 10.2. The molecule has 1 fully saturated rings. The van der Waals surface area contributed by atoms with Crippen LogP contribution in [-0.2, 0) is 24.8 Å². The molecule has 0 bridgehead atoms. The van der Waals surface area contributed by atoms with E-state index in [4.69, 9.17) is 4.74 Å². The van der Waals surface area contributed by atoms with E-state index in [1.807, 2.05) is 0 Å². The standard InChI is InChI=1S/C16H24BrN3O6S2/c1-3-27(22,23)20-9-7-19(8-10-20)16(21)14-12-13(4-5-15(14)17)28(24,25)18-6-11-26-2/h4-5,12,18H,3,6-11H2,1-2H3. The summed E-state index contributed by atoms with van der Waals surface area (Å²) < 4.78 is 57.7. The quantitative estimate of drug-likeness (QED) is 0.522. The predicted molar refractivity (Wildman–Crippen MR) is 108 cm³/mol. The molecule has 0 saturated carbocycles. The molecule has 9 nitrogen and oxygen atoms in total. The Kier molecular flexibility index (Phi) is 7.99. The van der Waals surface area contributed by atoms with E-state index < -0.39 is 20.0 Å². The van der Waals surface area contributed by atoms with Crippen molar-refractivity contribution in [2.75, 3.05) is 52.2 Å². The Morgan fingerprint density at radius 2 is 1.82 bits per heavy atom. The number of carbonyl (C=O) groups is 1. The molecule has 28 heavy (non-hydrogen) atoms. The summed E-state index contributed by atoms with van der Waals surface area (Å²) >= 11 is 3.29. The van der Waals surface area contributed by atoms with Crippen molar-refractivity contribution < 1.29 is 26.4 Å². The number of nitrogens with one attached hydrogen (secondary N) is 1. The molecule has 0 unspecified atom stereocenters. The van der Waals surface area contributed by atoms with Gasteiger partial charge in [0, 0.05) is 44.3 Å². The molecule has 158 valence electrons. The van der Waals surface area contributed by atoms with E-state index in [1.54, 1.807) is 6.92 Å².